The molecule has 2 heterocycles. The van der Waals surface area contributed by atoms with Gasteiger partial charge in [0.2, 0.25) is 5.91 Å². The van der Waals surface area contributed by atoms with Crippen LogP contribution in [-0.4, -0.2) is 61.5 Å². The Balaban J connectivity index is 1.27. The van der Waals surface area contributed by atoms with Crippen LogP contribution in [0.1, 0.15) is 12.0 Å². The van der Waals surface area contributed by atoms with E-state index in [0.29, 0.717) is 6.54 Å². The molecule has 0 radical (unpaired) electrons. The minimum absolute atomic E-state index is 0.232. The van der Waals surface area contributed by atoms with E-state index in [0.717, 1.165) is 56.4 Å². The molecule has 2 aliphatic heterocycles. The lowest BCUT2D eigenvalue weighted by atomic mass is 9.99. The van der Waals surface area contributed by atoms with Crippen molar-refractivity contribution in [3.05, 3.63) is 71.3 Å². The SMILES string of the molecule is O=C(CN1CC=C(c2ccccc2)CC1)N1CCN(c2ccccc2Cl)CC1. The van der Waals surface area contributed by atoms with Crippen LogP contribution in [-0.2, 0) is 4.79 Å². The number of halogens is 1. The van der Waals surface area contributed by atoms with Gasteiger partial charge in [0.05, 0.1) is 17.3 Å². The Morgan fingerprint density at radius 3 is 2.29 bits per heavy atom. The average Bonchev–Trinajstić information content (AvgIpc) is 2.75. The van der Waals surface area contributed by atoms with E-state index in [1.807, 2.05) is 35.2 Å². The number of carbonyl (C=O) groups excluding carboxylic acids is 1. The number of amides is 1. The first-order valence-corrected chi connectivity index (χ1v) is 10.3. The molecular formula is C23H26ClN3O. The Morgan fingerprint density at radius 1 is 0.893 bits per heavy atom. The van der Waals surface area contributed by atoms with Crippen molar-refractivity contribution in [3.63, 3.8) is 0 Å². The molecule has 0 bridgehead atoms. The molecule has 0 atom stereocenters. The monoisotopic (exact) mass is 395 g/mol. The second-order valence-electron chi connectivity index (χ2n) is 7.40. The topological polar surface area (TPSA) is 26.8 Å². The zero-order valence-corrected chi connectivity index (χ0v) is 16.8. The van der Waals surface area contributed by atoms with Crippen molar-refractivity contribution >= 4 is 28.8 Å². The summed E-state index contributed by atoms with van der Waals surface area (Å²) in [4.78, 5) is 19.2. The number of hydrogen-bond acceptors (Lipinski definition) is 3. The van der Waals surface area contributed by atoms with Gasteiger partial charge in [-0.25, -0.2) is 0 Å². The van der Waals surface area contributed by atoms with E-state index in [4.69, 9.17) is 11.6 Å². The van der Waals surface area contributed by atoms with Crippen LogP contribution in [0, 0.1) is 0 Å². The van der Waals surface area contributed by atoms with Crippen molar-refractivity contribution < 1.29 is 4.79 Å². The van der Waals surface area contributed by atoms with Crippen molar-refractivity contribution in [2.24, 2.45) is 0 Å². The fourth-order valence-electron chi connectivity index (χ4n) is 3.97. The Kier molecular flexibility index (Phi) is 5.98. The molecule has 0 spiro atoms. The standard InChI is InChI=1S/C23H26ClN3O/c24-21-8-4-5-9-22(21)26-14-16-27(17-15-26)23(28)18-25-12-10-20(11-13-25)19-6-2-1-3-7-19/h1-10H,11-18H2. The highest BCUT2D eigenvalue weighted by atomic mass is 35.5. The zero-order valence-electron chi connectivity index (χ0n) is 16.1. The van der Waals surface area contributed by atoms with Gasteiger partial charge in [-0.05, 0) is 29.7 Å². The molecule has 2 aliphatic rings. The van der Waals surface area contributed by atoms with Gasteiger partial charge in [-0.1, -0.05) is 60.1 Å². The van der Waals surface area contributed by atoms with E-state index >= 15 is 0 Å². The smallest absolute Gasteiger partial charge is 0.236 e. The number of piperazine rings is 1. The van der Waals surface area contributed by atoms with Gasteiger partial charge >= 0.3 is 0 Å². The van der Waals surface area contributed by atoms with E-state index < -0.39 is 0 Å². The molecule has 28 heavy (non-hydrogen) atoms. The summed E-state index contributed by atoms with van der Waals surface area (Å²) >= 11 is 6.31. The molecule has 4 rings (SSSR count). The summed E-state index contributed by atoms with van der Waals surface area (Å²) in [6.07, 6.45) is 3.26. The maximum absolute atomic E-state index is 12.7. The van der Waals surface area contributed by atoms with Crippen molar-refractivity contribution in [3.8, 4) is 0 Å². The minimum atomic E-state index is 0.232. The number of rotatable bonds is 4. The van der Waals surface area contributed by atoms with E-state index in [-0.39, 0.29) is 5.91 Å². The zero-order chi connectivity index (χ0) is 19.3. The van der Waals surface area contributed by atoms with E-state index in [9.17, 15) is 4.79 Å². The Labute approximate surface area is 172 Å². The van der Waals surface area contributed by atoms with Crippen molar-refractivity contribution in [1.29, 1.82) is 0 Å². The number of benzene rings is 2. The van der Waals surface area contributed by atoms with Crippen LogP contribution in [0.2, 0.25) is 5.02 Å². The van der Waals surface area contributed by atoms with E-state index in [1.54, 1.807) is 0 Å². The molecule has 0 aromatic heterocycles. The average molecular weight is 396 g/mol. The summed E-state index contributed by atoms with van der Waals surface area (Å²) in [7, 11) is 0. The first-order chi connectivity index (χ1) is 13.7. The molecular weight excluding hydrogens is 370 g/mol. The first-order valence-electron chi connectivity index (χ1n) is 9.95. The van der Waals surface area contributed by atoms with Crippen LogP contribution in [0.5, 0.6) is 0 Å². The lowest BCUT2D eigenvalue weighted by molar-refractivity contribution is -0.132. The summed E-state index contributed by atoms with van der Waals surface area (Å²) in [6, 6.07) is 18.4. The molecule has 146 valence electrons. The van der Waals surface area contributed by atoms with Gasteiger partial charge in [0.25, 0.3) is 0 Å². The molecule has 0 N–H and O–H groups in total. The van der Waals surface area contributed by atoms with Gasteiger partial charge in [-0.3, -0.25) is 9.69 Å². The highest BCUT2D eigenvalue weighted by molar-refractivity contribution is 6.33. The molecule has 1 saturated heterocycles. The maximum atomic E-state index is 12.7. The number of nitrogens with zero attached hydrogens (tertiary/aromatic N) is 3. The molecule has 2 aromatic carbocycles. The summed E-state index contributed by atoms with van der Waals surface area (Å²) in [5.41, 5.74) is 3.74. The quantitative estimate of drug-likeness (QED) is 0.788. The lowest BCUT2D eigenvalue weighted by Crippen LogP contribution is -2.51. The molecule has 2 aromatic rings. The van der Waals surface area contributed by atoms with Gasteiger partial charge in [0.15, 0.2) is 0 Å². The summed E-state index contributed by atoms with van der Waals surface area (Å²) < 4.78 is 0. The van der Waals surface area contributed by atoms with Gasteiger partial charge in [-0.15, -0.1) is 0 Å². The van der Waals surface area contributed by atoms with Crippen LogP contribution < -0.4 is 4.90 Å². The highest BCUT2D eigenvalue weighted by Gasteiger charge is 2.24. The number of hydrogen-bond donors (Lipinski definition) is 0. The molecule has 1 fully saturated rings. The van der Waals surface area contributed by atoms with Crippen molar-refractivity contribution in [2.45, 2.75) is 6.42 Å². The normalized spacial score (nSPS) is 18.1. The van der Waals surface area contributed by atoms with Crippen molar-refractivity contribution in [1.82, 2.24) is 9.80 Å². The number of carbonyl (C=O) groups is 1. The van der Waals surface area contributed by atoms with Crippen LogP contribution in [0.15, 0.2) is 60.7 Å². The maximum Gasteiger partial charge on any atom is 0.236 e. The third-order valence-electron chi connectivity index (χ3n) is 5.62. The number of anilines is 1. The summed E-state index contributed by atoms with van der Waals surface area (Å²) in [5.74, 6) is 0.232. The molecule has 5 heteroatoms. The Bertz CT molecular complexity index is 844. The van der Waals surface area contributed by atoms with E-state index in [2.05, 4.69) is 40.1 Å². The van der Waals surface area contributed by atoms with Crippen LogP contribution in [0.3, 0.4) is 0 Å². The second-order valence-corrected chi connectivity index (χ2v) is 7.81. The highest BCUT2D eigenvalue weighted by Crippen LogP contribution is 2.26. The lowest BCUT2D eigenvalue weighted by Gasteiger charge is -2.37. The Hall–Kier alpha value is -2.30. The molecule has 0 aliphatic carbocycles. The number of para-hydroxylation sites is 1. The van der Waals surface area contributed by atoms with Gasteiger partial charge in [0.1, 0.15) is 0 Å². The second kappa shape index (κ2) is 8.80. The molecule has 1 amide bonds. The van der Waals surface area contributed by atoms with Gasteiger partial charge < -0.3 is 9.80 Å². The third kappa shape index (κ3) is 4.40. The van der Waals surface area contributed by atoms with Crippen molar-refractivity contribution in [2.75, 3.05) is 50.7 Å². The Morgan fingerprint density at radius 2 is 1.61 bits per heavy atom. The van der Waals surface area contributed by atoms with Crippen LogP contribution >= 0.6 is 11.6 Å². The fourth-order valence-corrected chi connectivity index (χ4v) is 4.22. The first kappa shape index (κ1) is 19.0. The molecule has 0 unspecified atom stereocenters. The predicted molar refractivity (Wildman–Crippen MR) is 116 cm³/mol. The van der Waals surface area contributed by atoms with Gasteiger partial charge in [0, 0.05) is 39.3 Å². The van der Waals surface area contributed by atoms with E-state index in [1.165, 1.54) is 11.1 Å². The summed E-state index contributed by atoms with van der Waals surface area (Å²) in [6.45, 7) is 5.44. The predicted octanol–water partition coefficient (Wildman–Crippen LogP) is 3.78. The fraction of sp³-hybridized carbons (Fsp3) is 0.348. The molecule has 0 saturated carbocycles. The largest absolute Gasteiger partial charge is 0.367 e. The molecule has 4 nitrogen and oxygen atoms in total. The van der Waals surface area contributed by atoms with Gasteiger partial charge in [-0.2, -0.15) is 0 Å². The van der Waals surface area contributed by atoms with Crippen LogP contribution in [0.4, 0.5) is 5.69 Å². The third-order valence-corrected chi connectivity index (χ3v) is 5.94. The van der Waals surface area contributed by atoms with Crippen LogP contribution in [0.25, 0.3) is 5.57 Å². The summed E-state index contributed by atoms with van der Waals surface area (Å²) in [5, 5.41) is 0.775. The minimum Gasteiger partial charge on any atom is -0.367 e.